The summed E-state index contributed by atoms with van der Waals surface area (Å²) in [6.45, 7) is 4.13. The van der Waals surface area contributed by atoms with Gasteiger partial charge < -0.3 is 5.73 Å². The molecule has 0 radical (unpaired) electrons. The monoisotopic (exact) mass is 300 g/mol. The van der Waals surface area contributed by atoms with E-state index in [2.05, 4.69) is 42.0 Å². The number of nitrogen functional groups attached to an aromatic ring is 1. The normalized spacial score (nSPS) is 10.3. The van der Waals surface area contributed by atoms with Gasteiger partial charge in [0.2, 0.25) is 0 Å². The van der Waals surface area contributed by atoms with E-state index in [1.807, 2.05) is 24.3 Å². The smallest absolute Gasteiger partial charge is 0.142 e. The third-order valence-electron chi connectivity index (χ3n) is 3.93. The summed E-state index contributed by atoms with van der Waals surface area (Å²) in [5.41, 5.74) is 12.2. The first-order valence-electron chi connectivity index (χ1n) is 7.29. The lowest BCUT2D eigenvalue weighted by Crippen LogP contribution is -2.00. The van der Waals surface area contributed by atoms with Crippen molar-refractivity contribution < 1.29 is 0 Å². The Hall–Kier alpha value is -3.19. The first-order valence-corrected chi connectivity index (χ1v) is 7.29. The minimum atomic E-state index is 0.238. The predicted octanol–water partition coefficient (Wildman–Crippen LogP) is 3.88. The van der Waals surface area contributed by atoms with Crippen LogP contribution in [0.15, 0.2) is 48.8 Å². The van der Waals surface area contributed by atoms with Crippen molar-refractivity contribution in [3.63, 3.8) is 0 Å². The van der Waals surface area contributed by atoms with E-state index >= 15 is 0 Å². The summed E-state index contributed by atoms with van der Waals surface area (Å²) >= 11 is 0. The van der Waals surface area contributed by atoms with E-state index in [9.17, 15) is 5.26 Å². The van der Waals surface area contributed by atoms with E-state index < -0.39 is 0 Å². The second-order valence-electron chi connectivity index (χ2n) is 5.47. The fourth-order valence-electron chi connectivity index (χ4n) is 2.48. The second kappa shape index (κ2) is 5.90. The van der Waals surface area contributed by atoms with Crippen molar-refractivity contribution in [2.24, 2.45) is 0 Å². The molecule has 0 atom stereocenters. The van der Waals surface area contributed by atoms with E-state index in [1.165, 1.54) is 11.1 Å². The summed E-state index contributed by atoms with van der Waals surface area (Å²) < 4.78 is 0. The van der Waals surface area contributed by atoms with Crippen LogP contribution >= 0.6 is 0 Å². The van der Waals surface area contributed by atoms with Crippen LogP contribution in [-0.4, -0.2) is 9.97 Å². The molecule has 0 saturated heterocycles. The van der Waals surface area contributed by atoms with Crippen LogP contribution < -0.4 is 5.73 Å². The van der Waals surface area contributed by atoms with E-state index in [0.29, 0.717) is 5.56 Å². The van der Waals surface area contributed by atoms with Crippen LogP contribution in [0.2, 0.25) is 0 Å². The molecule has 0 aliphatic heterocycles. The molecule has 0 bridgehead atoms. The number of benzene rings is 1. The number of aromatic nitrogens is 2. The fourth-order valence-corrected chi connectivity index (χ4v) is 2.48. The van der Waals surface area contributed by atoms with E-state index in [0.717, 1.165) is 22.4 Å². The molecule has 0 amide bonds. The molecule has 4 heteroatoms. The largest absolute Gasteiger partial charge is 0.383 e. The lowest BCUT2D eigenvalue weighted by Gasteiger charge is -2.11. The SMILES string of the molecule is Cc1ccc(-c2cc(-c3cccnc3)c(C#N)c(N)n2)cc1C. The Bertz CT molecular complexity index is 909. The predicted molar refractivity (Wildman–Crippen MR) is 91.5 cm³/mol. The molecule has 0 saturated carbocycles. The molecule has 0 unspecified atom stereocenters. The van der Waals surface area contributed by atoms with Crippen molar-refractivity contribution in [1.29, 1.82) is 5.26 Å². The zero-order chi connectivity index (χ0) is 16.4. The number of aryl methyl sites for hydroxylation is 2. The summed E-state index contributed by atoms with van der Waals surface area (Å²) in [7, 11) is 0. The van der Waals surface area contributed by atoms with Crippen LogP contribution in [0, 0.1) is 25.2 Å². The summed E-state index contributed by atoms with van der Waals surface area (Å²) in [6.07, 6.45) is 3.42. The summed E-state index contributed by atoms with van der Waals surface area (Å²) in [5, 5.41) is 9.41. The highest BCUT2D eigenvalue weighted by atomic mass is 14.8. The first kappa shape index (κ1) is 14.7. The van der Waals surface area contributed by atoms with Gasteiger partial charge in [0.25, 0.3) is 0 Å². The van der Waals surface area contributed by atoms with Gasteiger partial charge in [-0.05, 0) is 43.2 Å². The number of hydrogen-bond acceptors (Lipinski definition) is 4. The molecular weight excluding hydrogens is 284 g/mol. The highest BCUT2D eigenvalue weighted by Crippen LogP contribution is 2.31. The third kappa shape index (κ3) is 2.77. The number of anilines is 1. The van der Waals surface area contributed by atoms with E-state index in [1.54, 1.807) is 12.4 Å². The van der Waals surface area contributed by atoms with Crippen molar-refractivity contribution in [3.8, 4) is 28.5 Å². The number of hydrogen-bond donors (Lipinski definition) is 1. The molecule has 112 valence electrons. The number of nitrogens with zero attached hydrogens (tertiary/aromatic N) is 3. The molecule has 0 spiro atoms. The topological polar surface area (TPSA) is 75.6 Å². The van der Waals surface area contributed by atoms with Gasteiger partial charge in [-0.3, -0.25) is 4.98 Å². The number of nitrogens with two attached hydrogens (primary N) is 1. The molecule has 0 fully saturated rings. The Morgan fingerprint density at radius 2 is 1.87 bits per heavy atom. The minimum Gasteiger partial charge on any atom is -0.383 e. The van der Waals surface area contributed by atoms with Gasteiger partial charge in [-0.2, -0.15) is 5.26 Å². The number of rotatable bonds is 2. The fraction of sp³-hybridized carbons (Fsp3) is 0.105. The zero-order valence-electron chi connectivity index (χ0n) is 13.0. The molecule has 0 aliphatic rings. The second-order valence-corrected chi connectivity index (χ2v) is 5.47. The van der Waals surface area contributed by atoms with Crippen molar-refractivity contribution in [3.05, 3.63) is 65.5 Å². The molecule has 2 aromatic heterocycles. The lowest BCUT2D eigenvalue weighted by atomic mass is 9.98. The molecule has 2 heterocycles. The first-order chi connectivity index (χ1) is 11.1. The van der Waals surface area contributed by atoms with Crippen LogP contribution in [0.4, 0.5) is 5.82 Å². The van der Waals surface area contributed by atoms with Crippen molar-refractivity contribution >= 4 is 5.82 Å². The summed E-state index contributed by atoms with van der Waals surface area (Å²) in [6, 6.07) is 13.9. The minimum absolute atomic E-state index is 0.238. The van der Waals surface area contributed by atoms with Gasteiger partial charge in [-0.1, -0.05) is 18.2 Å². The van der Waals surface area contributed by atoms with Crippen molar-refractivity contribution in [2.45, 2.75) is 13.8 Å². The molecule has 4 nitrogen and oxygen atoms in total. The Morgan fingerprint density at radius 3 is 2.52 bits per heavy atom. The van der Waals surface area contributed by atoms with Crippen LogP contribution in [0.25, 0.3) is 22.4 Å². The van der Waals surface area contributed by atoms with Gasteiger partial charge in [-0.25, -0.2) is 4.98 Å². The molecule has 3 rings (SSSR count). The average Bonchev–Trinajstić information content (AvgIpc) is 2.57. The third-order valence-corrected chi connectivity index (χ3v) is 3.93. The Kier molecular flexibility index (Phi) is 3.78. The molecule has 23 heavy (non-hydrogen) atoms. The molecule has 1 aromatic carbocycles. The van der Waals surface area contributed by atoms with Crippen molar-refractivity contribution in [1.82, 2.24) is 9.97 Å². The zero-order valence-corrected chi connectivity index (χ0v) is 13.0. The maximum absolute atomic E-state index is 9.41. The Balaban J connectivity index is 2.23. The molecule has 2 N–H and O–H groups in total. The average molecular weight is 300 g/mol. The quantitative estimate of drug-likeness (QED) is 0.779. The molecule has 0 aliphatic carbocycles. The van der Waals surface area contributed by atoms with E-state index in [4.69, 9.17) is 5.73 Å². The van der Waals surface area contributed by atoms with Gasteiger partial charge in [0.1, 0.15) is 17.5 Å². The maximum Gasteiger partial charge on any atom is 0.142 e. The van der Waals surface area contributed by atoms with Crippen LogP contribution in [0.5, 0.6) is 0 Å². The van der Waals surface area contributed by atoms with E-state index in [-0.39, 0.29) is 5.82 Å². The summed E-state index contributed by atoms with van der Waals surface area (Å²) in [4.78, 5) is 8.53. The lowest BCUT2D eigenvalue weighted by molar-refractivity contribution is 1.28. The van der Waals surface area contributed by atoms with Gasteiger partial charge in [0.15, 0.2) is 0 Å². The van der Waals surface area contributed by atoms with Gasteiger partial charge >= 0.3 is 0 Å². The van der Waals surface area contributed by atoms with Crippen LogP contribution in [0.1, 0.15) is 16.7 Å². The van der Waals surface area contributed by atoms with Crippen molar-refractivity contribution in [2.75, 3.05) is 5.73 Å². The maximum atomic E-state index is 9.41. The molecule has 3 aromatic rings. The number of pyridine rings is 2. The van der Waals surface area contributed by atoms with Gasteiger partial charge in [-0.15, -0.1) is 0 Å². The van der Waals surface area contributed by atoms with Gasteiger partial charge in [0, 0.05) is 29.1 Å². The van der Waals surface area contributed by atoms with Gasteiger partial charge in [0.05, 0.1) is 5.69 Å². The molecular formula is C19H16N4. The highest BCUT2D eigenvalue weighted by Gasteiger charge is 2.13. The Morgan fingerprint density at radius 1 is 1.04 bits per heavy atom. The summed E-state index contributed by atoms with van der Waals surface area (Å²) in [5.74, 6) is 0.238. The number of nitriles is 1. The highest BCUT2D eigenvalue weighted by molar-refractivity contribution is 5.79. The Labute approximate surface area is 135 Å². The van der Waals surface area contributed by atoms with Crippen LogP contribution in [0.3, 0.4) is 0 Å². The van der Waals surface area contributed by atoms with Crippen LogP contribution in [-0.2, 0) is 0 Å². The standard InChI is InChI=1S/C19H16N4/c1-12-5-6-14(8-13(12)2)18-9-16(15-4-3-7-22-11-15)17(10-20)19(21)23-18/h3-9,11H,1-2H3,(H2,21,23).